The highest BCUT2D eigenvalue weighted by Gasteiger charge is 2.29. The van der Waals surface area contributed by atoms with Gasteiger partial charge in [0.2, 0.25) is 0 Å². The molecule has 0 aliphatic carbocycles. The van der Waals surface area contributed by atoms with Gasteiger partial charge in [-0.15, -0.1) is 0 Å². The van der Waals surface area contributed by atoms with Crippen molar-refractivity contribution in [3.05, 3.63) is 12.4 Å². The molecule has 1 unspecified atom stereocenters. The molecule has 0 bridgehead atoms. The largest absolute Gasteiger partial charge is 0.356 e. The number of rotatable bonds is 14. The first-order valence-corrected chi connectivity index (χ1v) is 10.8. The normalized spacial score (nSPS) is 17.7. The number of hydrogen-bond acceptors (Lipinski definition) is 2. The number of unbranched alkanes of at least 4 members (excludes halogenated alkanes) is 10. The molecule has 142 valence electrons. The van der Waals surface area contributed by atoms with Crippen molar-refractivity contribution in [1.29, 1.82) is 0 Å². The summed E-state index contributed by atoms with van der Waals surface area (Å²) in [6.45, 7) is 12.8. The lowest BCUT2D eigenvalue weighted by Crippen LogP contribution is -2.45. The molecule has 0 spiro atoms. The molecule has 1 aliphatic heterocycles. The number of nitrogens with zero attached hydrogens (tertiary/aromatic N) is 2. The molecule has 0 fully saturated rings. The molecular weight excluding hydrogens is 292 g/mol. The van der Waals surface area contributed by atoms with E-state index in [0.717, 1.165) is 0 Å². The van der Waals surface area contributed by atoms with Crippen LogP contribution < -0.4 is 0 Å². The van der Waals surface area contributed by atoms with Crippen LogP contribution in [0.3, 0.4) is 0 Å². The van der Waals surface area contributed by atoms with Crippen LogP contribution in [0.15, 0.2) is 12.4 Å². The second kappa shape index (κ2) is 12.7. The Balaban J connectivity index is 2.04. The van der Waals surface area contributed by atoms with E-state index < -0.39 is 0 Å². The maximum absolute atomic E-state index is 2.57. The first-order valence-electron chi connectivity index (χ1n) is 10.8. The predicted octanol–water partition coefficient (Wildman–Crippen LogP) is 6.78. The highest BCUT2D eigenvalue weighted by Crippen LogP contribution is 2.25. The van der Waals surface area contributed by atoms with E-state index in [-0.39, 0.29) is 0 Å². The fraction of sp³-hybridized carbons (Fsp3) is 0.909. The average molecular weight is 337 g/mol. The molecule has 1 atom stereocenters. The Kier molecular flexibility index (Phi) is 11.3. The summed E-state index contributed by atoms with van der Waals surface area (Å²) in [6, 6.07) is 0.593. The third-order valence-corrected chi connectivity index (χ3v) is 5.29. The Hall–Kier alpha value is -0.660. The zero-order chi connectivity index (χ0) is 17.8. The van der Waals surface area contributed by atoms with E-state index in [0.29, 0.717) is 18.1 Å². The molecule has 0 radical (unpaired) electrons. The van der Waals surface area contributed by atoms with Crippen molar-refractivity contribution in [2.24, 2.45) is 5.92 Å². The van der Waals surface area contributed by atoms with Crippen LogP contribution in [0.2, 0.25) is 0 Å². The fourth-order valence-corrected chi connectivity index (χ4v) is 3.88. The summed E-state index contributed by atoms with van der Waals surface area (Å²) in [6.07, 6.45) is 20.8. The van der Waals surface area contributed by atoms with Crippen LogP contribution in [0, 0.1) is 5.92 Å². The van der Waals surface area contributed by atoms with Crippen molar-refractivity contribution in [1.82, 2.24) is 9.80 Å². The highest BCUT2D eigenvalue weighted by molar-refractivity contribution is 4.99. The minimum absolute atomic E-state index is 0.563. The maximum Gasteiger partial charge on any atom is 0.103 e. The van der Waals surface area contributed by atoms with Crippen LogP contribution in [0.1, 0.15) is 105 Å². The van der Waals surface area contributed by atoms with Gasteiger partial charge in [-0.2, -0.15) is 0 Å². The van der Waals surface area contributed by atoms with Crippen molar-refractivity contribution < 1.29 is 0 Å². The monoisotopic (exact) mass is 336 g/mol. The van der Waals surface area contributed by atoms with E-state index in [4.69, 9.17) is 0 Å². The Labute approximate surface area is 152 Å². The molecule has 1 aliphatic rings. The summed E-state index contributed by atoms with van der Waals surface area (Å²) < 4.78 is 0. The van der Waals surface area contributed by atoms with Crippen molar-refractivity contribution in [2.75, 3.05) is 6.54 Å². The minimum atomic E-state index is 0.563. The van der Waals surface area contributed by atoms with Gasteiger partial charge in [0.25, 0.3) is 0 Å². The Morgan fingerprint density at radius 2 is 1.21 bits per heavy atom. The van der Waals surface area contributed by atoms with Gasteiger partial charge in [-0.3, -0.25) is 0 Å². The molecule has 0 aromatic rings. The van der Waals surface area contributed by atoms with Gasteiger partial charge in [-0.25, -0.2) is 0 Å². The van der Waals surface area contributed by atoms with Gasteiger partial charge in [0.1, 0.15) is 6.17 Å². The third-order valence-electron chi connectivity index (χ3n) is 5.29. The van der Waals surface area contributed by atoms with Crippen LogP contribution in [-0.2, 0) is 0 Å². The second-order valence-corrected chi connectivity index (χ2v) is 8.27. The molecule has 24 heavy (non-hydrogen) atoms. The molecule has 0 aromatic heterocycles. The van der Waals surface area contributed by atoms with Crippen molar-refractivity contribution in [3.63, 3.8) is 0 Å². The quantitative estimate of drug-likeness (QED) is 0.323. The van der Waals surface area contributed by atoms with Crippen molar-refractivity contribution >= 4 is 0 Å². The third kappa shape index (κ3) is 7.94. The van der Waals surface area contributed by atoms with Gasteiger partial charge in [-0.05, 0) is 26.2 Å². The second-order valence-electron chi connectivity index (χ2n) is 8.27. The topological polar surface area (TPSA) is 6.48 Å². The zero-order valence-electron chi connectivity index (χ0n) is 17.3. The molecule has 1 heterocycles. The molecule has 0 amide bonds. The van der Waals surface area contributed by atoms with E-state index in [9.17, 15) is 0 Å². The molecule has 0 aromatic carbocycles. The Bertz CT molecular complexity index is 322. The molecular formula is C22H44N2. The Morgan fingerprint density at radius 3 is 1.67 bits per heavy atom. The van der Waals surface area contributed by atoms with Gasteiger partial charge >= 0.3 is 0 Å². The van der Waals surface area contributed by atoms with E-state index >= 15 is 0 Å². The lowest BCUT2D eigenvalue weighted by Gasteiger charge is -2.38. The summed E-state index contributed by atoms with van der Waals surface area (Å²) in [5, 5.41) is 0. The van der Waals surface area contributed by atoms with Crippen LogP contribution in [0.5, 0.6) is 0 Å². The van der Waals surface area contributed by atoms with Gasteiger partial charge in [0.05, 0.1) is 0 Å². The molecule has 2 heteroatoms. The summed E-state index contributed by atoms with van der Waals surface area (Å²) in [7, 11) is 0. The van der Waals surface area contributed by atoms with E-state index in [1.54, 1.807) is 0 Å². The van der Waals surface area contributed by atoms with Crippen LogP contribution in [-0.4, -0.2) is 28.6 Å². The fourth-order valence-electron chi connectivity index (χ4n) is 3.88. The van der Waals surface area contributed by atoms with Gasteiger partial charge in [-0.1, -0.05) is 85.0 Å². The van der Waals surface area contributed by atoms with Gasteiger partial charge in [0, 0.05) is 25.0 Å². The summed E-state index contributed by atoms with van der Waals surface area (Å²) in [4.78, 5) is 5.08. The molecule has 0 saturated heterocycles. The van der Waals surface area contributed by atoms with E-state index in [1.807, 2.05) is 0 Å². The summed E-state index contributed by atoms with van der Waals surface area (Å²) in [5.74, 6) is 0.676. The molecule has 2 nitrogen and oxygen atoms in total. The first-order chi connectivity index (χ1) is 11.6. The van der Waals surface area contributed by atoms with Crippen LogP contribution in [0.4, 0.5) is 0 Å². The predicted molar refractivity (Wildman–Crippen MR) is 108 cm³/mol. The molecule has 0 N–H and O–H groups in total. The first kappa shape index (κ1) is 21.4. The summed E-state index contributed by atoms with van der Waals surface area (Å²) in [5.41, 5.74) is 0. The smallest absolute Gasteiger partial charge is 0.103 e. The van der Waals surface area contributed by atoms with Crippen LogP contribution in [0.25, 0.3) is 0 Å². The van der Waals surface area contributed by atoms with Crippen molar-refractivity contribution in [3.8, 4) is 0 Å². The average Bonchev–Trinajstić information content (AvgIpc) is 2.97. The van der Waals surface area contributed by atoms with Crippen LogP contribution >= 0.6 is 0 Å². The number of hydrogen-bond donors (Lipinski definition) is 0. The lowest BCUT2D eigenvalue weighted by atomic mass is 10.1. The minimum Gasteiger partial charge on any atom is -0.356 e. The lowest BCUT2D eigenvalue weighted by molar-refractivity contribution is 0.0843. The molecule has 1 rings (SSSR count). The van der Waals surface area contributed by atoms with Gasteiger partial charge in [0.15, 0.2) is 0 Å². The van der Waals surface area contributed by atoms with Gasteiger partial charge < -0.3 is 9.80 Å². The highest BCUT2D eigenvalue weighted by atomic mass is 15.4. The van der Waals surface area contributed by atoms with E-state index in [2.05, 4.69) is 56.8 Å². The van der Waals surface area contributed by atoms with Crippen molar-refractivity contribution in [2.45, 2.75) is 117 Å². The Morgan fingerprint density at radius 1 is 0.708 bits per heavy atom. The summed E-state index contributed by atoms with van der Waals surface area (Å²) >= 11 is 0. The SMILES string of the molecule is CCCCCCCCCCCCCN1C=CN(C(C)C)C1C(C)C. The maximum atomic E-state index is 2.57. The zero-order valence-corrected chi connectivity index (χ0v) is 17.3. The molecule has 0 saturated carbocycles. The van der Waals surface area contributed by atoms with E-state index in [1.165, 1.54) is 77.2 Å². The standard InChI is InChI=1S/C22H44N2/c1-6-7-8-9-10-11-12-13-14-15-16-17-23-18-19-24(21(4)5)22(23)20(2)3/h18-22H,6-17H2,1-5H3.